The van der Waals surface area contributed by atoms with Gasteiger partial charge >= 0.3 is 11.0 Å². The van der Waals surface area contributed by atoms with Crippen molar-refractivity contribution in [2.45, 2.75) is 26.2 Å². The molecule has 26 heavy (non-hydrogen) atoms. The van der Waals surface area contributed by atoms with Gasteiger partial charge in [-0.05, 0) is 43.9 Å². The van der Waals surface area contributed by atoms with Crippen LogP contribution in [0.1, 0.15) is 39.0 Å². The molecule has 1 N–H and O–H groups in total. The Morgan fingerprint density at radius 1 is 1.35 bits per heavy atom. The van der Waals surface area contributed by atoms with Crippen LogP contribution in [-0.2, 0) is 22.4 Å². The smallest absolute Gasteiger partial charge is 0.341 e. The van der Waals surface area contributed by atoms with E-state index in [2.05, 4.69) is 5.32 Å². The molecule has 2 heterocycles. The van der Waals surface area contributed by atoms with Gasteiger partial charge in [-0.25, -0.2) is 4.79 Å². The monoisotopic (exact) mass is 392 g/mol. The number of rotatable bonds is 6. The second-order valence-corrected chi connectivity index (χ2v) is 7.74. The lowest BCUT2D eigenvalue weighted by Crippen LogP contribution is -2.13. The maximum absolute atomic E-state index is 12.3. The summed E-state index contributed by atoms with van der Waals surface area (Å²) in [5.74, 6) is -0.813. The normalized spacial score (nSPS) is 13.0. The summed E-state index contributed by atoms with van der Waals surface area (Å²) < 4.78 is 5.12. The van der Waals surface area contributed by atoms with Gasteiger partial charge in [0.1, 0.15) is 5.00 Å². The Labute approximate surface area is 157 Å². The average Bonchev–Trinajstić information content (AvgIpc) is 3.28. The zero-order valence-corrected chi connectivity index (χ0v) is 15.6. The molecule has 0 aromatic carbocycles. The number of carbonyl (C=O) groups excluding carboxylic acids is 2. The molecule has 1 amide bonds. The number of ether oxygens (including phenoxy) is 1. The molecule has 9 heteroatoms. The third-order valence-electron chi connectivity index (χ3n) is 3.83. The van der Waals surface area contributed by atoms with Crippen LogP contribution >= 0.6 is 22.7 Å². The molecule has 0 fully saturated rings. The number of nitrogens with zero attached hydrogens (tertiary/aromatic N) is 1. The van der Waals surface area contributed by atoms with E-state index >= 15 is 0 Å². The van der Waals surface area contributed by atoms with Gasteiger partial charge in [0.2, 0.25) is 5.91 Å². The molecule has 0 saturated carbocycles. The lowest BCUT2D eigenvalue weighted by atomic mass is 10.1. The topological polar surface area (TPSA) is 98.5 Å². The van der Waals surface area contributed by atoms with Crippen LogP contribution in [0.25, 0.3) is 6.08 Å². The molecule has 0 aliphatic heterocycles. The summed E-state index contributed by atoms with van der Waals surface area (Å²) in [5.41, 5.74) is 1.43. The number of hydrogen-bond donors (Lipinski definition) is 1. The first-order valence-electron chi connectivity index (χ1n) is 8.04. The van der Waals surface area contributed by atoms with Crippen LogP contribution < -0.4 is 5.32 Å². The van der Waals surface area contributed by atoms with Gasteiger partial charge in [-0.2, -0.15) is 0 Å². The van der Waals surface area contributed by atoms with Gasteiger partial charge < -0.3 is 10.1 Å². The molecular formula is C17H16N2O5S2. The van der Waals surface area contributed by atoms with E-state index in [0.717, 1.165) is 41.0 Å². The zero-order chi connectivity index (χ0) is 18.7. The van der Waals surface area contributed by atoms with Crippen LogP contribution in [0.2, 0.25) is 0 Å². The predicted octanol–water partition coefficient (Wildman–Crippen LogP) is 4.04. The summed E-state index contributed by atoms with van der Waals surface area (Å²) in [5, 5.41) is 13.9. The Hall–Kier alpha value is -2.52. The van der Waals surface area contributed by atoms with Gasteiger partial charge in [0.25, 0.3) is 0 Å². The van der Waals surface area contributed by atoms with E-state index in [1.165, 1.54) is 29.6 Å². The largest absolute Gasteiger partial charge is 0.462 e. The number of thiophene rings is 2. The number of nitrogens with one attached hydrogen (secondary N) is 1. The quantitative estimate of drug-likeness (QED) is 0.346. The van der Waals surface area contributed by atoms with Crippen molar-refractivity contribution in [3.8, 4) is 0 Å². The van der Waals surface area contributed by atoms with Crippen LogP contribution in [-0.4, -0.2) is 23.4 Å². The minimum Gasteiger partial charge on any atom is -0.462 e. The molecule has 1 aliphatic rings. The Morgan fingerprint density at radius 2 is 2.15 bits per heavy atom. The van der Waals surface area contributed by atoms with Gasteiger partial charge in [0.15, 0.2) is 0 Å². The van der Waals surface area contributed by atoms with Crippen molar-refractivity contribution >= 4 is 50.6 Å². The summed E-state index contributed by atoms with van der Waals surface area (Å²) in [6, 6.07) is 2.97. The summed E-state index contributed by atoms with van der Waals surface area (Å²) in [4.78, 5) is 36.4. The van der Waals surface area contributed by atoms with Gasteiger partial charge in [-0.1, -0.05) is 11.3 Å². The highest BCUT2D eigenvalue weighted by molar-refractivity contribution is 7.17. The standard InChI is InChI=1S/C17H16N2O5S2/c1-2-24-17(21)15-11-4-3-5-12(11)26-16(15)18-13(20)8-6-10-7-9-14(25-10)19(22)23/h6-9H,2-5H2,1H3,(H,18,20). The SMILES string of the molecule is CCOC(=O)c1c(NC(=O)C=Cc2ccc([N+](=O)[O-])s2)sc2c1CCC2. The molecule has 1 aliphatic carbocycles. The van der Waals surface area contributed by atoms with Crippen molar-refractivity contribution in [1.82, 2.24) is 0 Å². The first-order valence-corrected chi connectivity index (χ1v) is 9.67. The fraction of sp³-hybridized carbons (Fsp3) is 0.294. The van der Waals surface area contributed by atoms with Crippen molar-refractivity contribution in [2.75, 3.05) is 11.9 Å². The Morgan fingerprint density at radius 3 is 2.85 bits per heavy atom. The van der Waals surface area contributed by atoms with E-state index in [1.54, 1.807) is 13.0 Å². The van der Waals surface area contributed by atoms with Crippen LogP contribution in [0.4, 0.5) is 10.0 Å². The van der Waals surface area contributed by atoms with E-state index in [9.17, 15) is 19.7 Å². The number of hydrogen-bond acceptors (Lipinski definition) is 7. The first kappa shape index (κ1) is 18.3. The van der Waals surface area contributed by atoms with Crippen LogP contribution in [0, 0.1) is 10.1 Å². The Bertz CT molecular complexity index is 897. The number of amides is 1. The number of anilines is 1. The molecule has 0 radical (unpaired) electrons. The molecule has 0 atom stereocenters. The highest BCUT2D eigenvalue weighted by Gasteiger charge is 2.28. The molecule has 2 aromatic heterocycles. The van der Waals surface area contributed by atoms with Gasteiger partial charge in [-0.15, -0.1) is 11.3 Å². The number of carbonyl (C=O) groups is 2. The second-order valence-electron chi connectivity index (χ2n) is 5.54. The maximum atomic E-state index is 12.3. The lowest BCUT2D eigenvalue weighted by molar-refractivity contribution is -0.380. The van der Waals surface area contributed by atoms with Gasteiger partial charge in [0, 0.05) is 21.9 Å². The Kier molecular flexibility index (Phi) is 5.48. The molecule has 0 saturated heterocycles. The number of nitro groups is 1. The van der Waals surface area contributed by atoms with Crippen molar-refractivity contribution in [3.63, 3.8) is 0 Å². The highest BCUT2D eigenvalue weighted by Crippen LogP contribution is 2.39. The molecule has 0 unspecified atom stereocenters. The summed E-state index contributed by atoms with van der Waals surface area (Å²) >= 11 is 2.39. The number of aryl methyl sites for hydroxylation is 1. The number of fused-ring (bicyclic) bond motifs is 1. The van der Waals surface area contributed by atoms with Gasteiger partial charge in [-0.3, -0.25) is 14.9 Å². The summed E-state index contributed by atoms with van der Waals surface area (Å²) in [7, 11) is 0. The molecule has 3 rings (SSSR count). The van der Waals surface area contributed by atoms with E-state index in [4.69, 9.17) is 4.74 Å². The van der Waals surface area contributed by atoms with Crippen molar-refractivity contribution in [2.24, 2.45) is 0 Å². The Balaban J connectivity index is 1.75. The molecule has 0 bridgehead atoms. The predicted molar refractivity (Wildman–Crippen MR) is 101 cm³/mol. The third-order valence-corrected chi connectivity index (χ3v) is 6.04. The zero-order valence-electron chi connectivity index (χ0n) is 13.9. The average molecular weight is 392 g/mol. The maximum Gasteiger partial charge on any atom is 0.341 e. The van der Waals surface area contributed by atoms with E-state index in [1.807, 2.05) is 0 Å². The summed E-state index contributed by atoms with van der Waals surface area (Å²) in [6.07, 6.45) is 5.52. The second kappa shape index (κ2) is 7.79. The molecule has 2 aromatic rings. The van der Waals surface area contributed by atoms with E-state index < -0.39 is 16.8 Å². The van der Waals surface area contributed by atoms with Gasteiger partial charge in [0.05, 0.1) is 17.1 Å². The van der Waals surface area contributed by atoms with E-state index in [0.29, 0.717) is 15.4 Å². The van der Waals surface area contributed by atoms with E-state index in [-0.39, 0.29) is 11.6 Å². The van der Waals surface area contributed by atoms with Crippen molar-refractivity contribution in [1.29, 1.82) is 0 Å². The molecule has 7 nitrogen and oxygen atoms in total. The van der Waals surface area contributed by atoms with Crippen LogP contribution in [0.5, 0.6) is 0 Å². The fourth-order valence-electron chi connectivity index (χ4n) is 2.75. The minimum atomic E-state index is -0.471. The van der Waals surface area contributed by atoms with Crippen molar-refractivity contribution < 1.29 is 19.2 Å². The fourth-order valence-corrected chi connectivity index (χ4v) is 4.76. The lowest BCUT2D eigenvalue weighted by Gasteiger charge is -2.06. The highest BCUT2D eigenvalue weighted by atomic mass is 32.1. The number of esters is 1. The first-order chi connectivity index (χ1) is 12.5. The minimum absolute atomic E-state index is 0.0179. The molecular weight excluding hydrogens is 376 g/mol. The van der Waals surface area contributed by atoms with Crippen LogP contribution in [0.15, 0.2) is 18.2 Å². The molecule has 0 spiro atoms. The third kappa shape index (κ3) is 3.83. The van der Waals surface area contributed by atoms with Crippen LogP contribution in [0.3, 0.4) is 0 Å². The summed E-state index contributed by atoms with van der Waals surface area (Å²) in [6.45, 7) is 2.01. The molecule has 136 valence electrons. The van der Waals surface area contributed by atoms with Crippen molar-refractivity contribution in [3.05, 3.63) is 49.2 Å².